The molecule has 0 spiro atoms. The van der Waals surface area contributed by atoms with E-state index < -0.39 is 5.97 Å². The molecule has 0 aliphatic rings. The lowest BCUT2D eigenvalue weighted by Crippen LogP contribution is -2.11. The van der Waals surface area contributed by atoms with Gasteiger partial charge in [-0.3, -0.25) is 4.79 Å². The van der Waals surface area contributed by atoms with Crippen molar-refractivity contribution in [3.8, 4) is 0 Å². The van der Waals surface area contributed by atoms with E-state index in [0.717, 1.165) is 0 Å². The summed E-state index contributed by atoms with van der Waals surface area (Å²) < 4.78 is 1.29. The van der Waals surface area contributed by atoms with Crippen molar-refractivity contribution < 1.29 is 9.90 Å². The molecule has 0 fully saturated rings. The minimum atomic E-state index is -0.958. The first-order valence-corrected chi connectivity index (χ1v) is 6.71. The van der Waals surface area contributed by atoms with Crippen molar-refractivity contribution in [3.05, 3.63) is 34.9 Å². The summed E-state index contributed by atoms with van der Waals surface area (Å²) in [5, 5.41) is 20.3. The minimum Gasteiger partial charge on any atom is -0.480 e. The van der Waals surface area contributed by atoms with Gasteiger partial charge in [-0.05, 0) is 35.4 Å². The van der Waals surface area contributed by atoms with E-state index in [1.165, 1.54) is 33.1 Å². The first-order chi connectivity index (χ1) is 9.06. The summed E-state index contributed by atoms with van der Waals surface area (Å²) in [5.41, 5.74) is 3.61. The van der Waals surface area contributed by atoms with Crippen LogP contribution in [0.15, 0.2) is 23.4 Å². The topological polar surface area (TPSA) is 80.9 Å². The van der Waals surface area contributed by atoms with Crippen LogP contribution in [-0.4, -0.2) is 31.3 Å². The first-order valence-electron chi connectivity index (χ1n) is 5.73. The van der Waals surface area contributed by atoms with Gasteiger partial charge >= 0.3 is 5.97 Å². The molecule has 19 heavy (non-hydrogen) atoms. The molecule has 1 aromatic heterocycles. The van der Waals surface area contributed by atoms with Gasteiger partial charge in [-0.15, -0.1) is 5.10 Å². The lowest BCUT2D eigenvalue weighted by Gasteiger charge is -2.06. The van der Waals surface area contributed by atoms with Gasteiger partial charge < -0.3 is 5.11 Å². The monoisotopic (exact) mass is 278 g/mol. The molecule has 0 aliphatic heterocycles. The smallest absolute Gasteiger partial charge is 0.325 e. The summed E-state index contributed by atoms with van der Waals surface area (Å²) in [6.07, 6.45) is 0. The third-order valence-electron chi connectivity index (χ3n) is 2.65. The number of nitrogens with zero attached hydrogens (tertiary/aromatic N) is 4. The molecular formula is C12H14N4O2S. The number of aryl methyl sites for hydroxylation is 2. The van der Waals surface area contributed by atoms with Crippen molar-refractivity contribution in [3.63, 3.8) is 0 Å². The summed E-state index contributed by atoms with van der Waals surface area (Å²) in [7, 11) is 0. The summed E-state index contributed by atoms with van der Waals surface area (Å²) in [6.45, 7) is 3.87. The molecule has 100 valence electrons. The second-order valence-electron chi connectivity index (χ2n) is 4.23. The number of tetrazole rings is 1. The Bertz CT molecular complexity index is 597. The van der Waals surface area contributed by atoms with Gasteiger partial charge in [0.05, 0.1) is 0 Å². The van der Waals surface area contributed by atoms with Crippen LogP contribution in [0.5, 0.6) is 0 Å². The molecule has 1 N–H and O–H groups in total. The molecule has 0 saturated carbocycles. The van der Waals surface area contributed by atoms with E-state index in [2.05, 4.69) is 40.6 Å². The quantitative estimate of drug-likeness (QED) is 0.838. The van der Waals surface area contributed by atoms with Crippen LogP contribution < -0.4 is 0 Å². The standard InChI is InChI=1S/C12H14N4O2S/c1-8-3-4-9(2)10(5-8)7-19-12-13-14-15-16(12)6-11(17)18/h3-5H,6-7H2,1-2H3,(H,17,18). The molecule has 0 amide bonds. The number of aromatic nitrogens is 4. The van der Waals surface area contributed by atoms with Gasteiger partial charge in [0.2, 0.25) is 5.16 Å². The van der Waals surface area contributed by atoms with Crippen molar-refractivity contribution in [2.75, 3.05) is 0 Å². The number of aliphatic carboxylic acids is 1. The highest BCUT2D eigenvalue weighted by Gasteiger charge is 2.10. The number of hydrogen-bond acceptors (Lipinski definition) is 5. The van der Waals surface area contributed by atoms with Crippen LogP contribution >= 0.6 is 11.8 Å². The van der Waals surface area contributed by atoms with Crippen LogP contribution in [0.1, 0.15) is 16.7 Å². The molecule has 0 radical (unpaired) electrons. The molecule has 0 unspecified atom stereocenters. The lowest BCUT2D eigenvalue weighted by molar-refractivity contribution is -0.138. The second kappa shape index (κ2) is 5.83. The van der Waals surface area contributed by atoms with Crippen LogP contribution in [0.2, 0.25) is 0 Å². The Morgan fingerprint density at radius 3 is 2.95 bits per heavy atom. The van der Waals surface area contributed by atoms with Gasteiger partial charge in [0.1, 0.15) is 6.54 Å². The number of benzene rings is 1. The van der Waals surface area contributed by atoms with Gasteiger partial charge in [0.25, 0.3) is 0 Å². The maximum atomic E-state index is 10.7. The summed E-state index contributed by atoms with van der Waals surface area (Å²) >= 11 is 1.44. The zero-order valence-electron chi connectivity index (χ0n) is 10.7. The third kappa shape index (κ3) is 3.54. The second-order valence-corrected chi connectivity index (χ2v) is 5.17. The fraction of sp³-hybridized carbons (Fsp3) is 0.333. The van der Waals surface area contributed by atoms with Gasteiger partial charge in [0.15, 0.2) is 0 Å². The highest BCUT2D eigenvalue weighted by molar-refractivity contribution is 7.98. The lowest BCUT2D eigenvalue weighted by atomic mass is 10.1. The summed E-state index contributed by atoms with van der Waals surface area (Å²) in [4.78, 5) is 10.7. The molecule has 6 nitrogen and oxygen atoms in total. The van der Waals surface area contributed by atoms with E-state index in [-0.39, 0.29) is 6.54 Å². The zero-order chi connectivity index (χ0) is 13.8. The predicted octanol–water partition coefficient (Wildman–Crippen LogP) is 1.67. The average molecular weight is 278 g/mol. The van der Waals surface area contributed by atoms with Crippen molar-refractivity contribution in [1.29, 1.82) is 0 Å². The van der Waals surface area contributed by atoms with Gasteiger partial charge in [-0.1, -0.05) is 35.5 Å². The molecule has 0 saturated heterocycles. The fourth-order valence-electron chi connectivity index (χ4n) is 1.63. The Morgan fingerprint density at radius 2 is 2.21 bits per heavy atom. The predicted molar refractivity (Wildman–Crippen MR) is 70.9 cm³/mol. The molecule has 1 heterocycles. The highest BCUT2D eigenvalue weighted by atomic mass is 32.2. The SMILES string of the molecule is Cc1ccc(C)c(CSc2nnnn2CC(=O)O)c1. The van der Waals surface area contributed by atoms with E-state index in [1.807, 2.05) is 6.92 Å². The van der Waals surface area contributed by atoms with E-state index in [0.29, 0.717) is 10.9 Å². The Labute approximate surface area is 114 Å². The largest absolute Gasteiger partial charge is 0.480 e. The Kier molecular flexibility index (Phi) is 4.16. The number of carbonyl (C=O) groups is 1. The zero-order valence-corrected chi connectivity index (χ0v) is 11.5. The van der Waals surface area contributed by atoms with Crippen molar-refractivity contribution >= 4 is 17.7 Å². The number of thioether (sulfide) groups is 1. The van der Waals surface area contributed by atoms with Crippen LogP contribution in [0, 0.1) is 13.8 Å². The average Bonchev–Trinajstić information content (AvgIpc) is 2.77. The molecular weight excluding hydrogens is 264 g/mol. The minimum absolute atomic E-state index is 0.220. The molecule has 0 atom stereocenters. The maximum absolute atomic E-state index is 10.7. The molecule has 7 heteroatoms. The number of rotatable bonds is 5. The van der Waals surface area contributed by atoms with Gasteiger partial charge in [-0.2, -0.15) is 0 Å². The Morgan fingerprint density at radius 1 is 1.42 bits per heavy atom. The number of carboxylic acid groups (broad SMARTS) is 1. The van der Waals surface area contributed by atoms with Crippen LogP contribution in [0.4, 0.5) is 0 Å². The van der Waals surface area contributed by atoms with Gasteiger partial charge in [-0.25, -0.2) is 4.68 Å². The van der Waals surface area contributed by atoms with Crippen molar-refractivity contribution in [2.24, 2.45) is 0 Å². The van der Waals surface area contributed by atoms with E-state index in [1.54, 1.807) is 0 Å². The van der Waals surface area contributed by atoms with Crippen molar-refractivity contribution in [1.82, 2.24) is 20.2 Å². The molecule has 2 rings (SSSR count). The third-order valence-corrected chi connectivity index (χ3v) is 3.65. The summed E-state index contributed by atoms with van der Waals surface area (Å²) in [5.74, 6) is -0.242. The Balaban J connectivity index is 2.08. The molecule has 2 aromatic rings. The van der Waals surface area contributed by atoms with Crippen LogP contribution in [-0.2, 0) is 17.1 Å². The fourth-order valence-corrected chi connectivity index (χ4v) is 2.57. The number of hydrogen-bond donors (Lipinski definition) is 1. The van der Waals surface area contributed by atoms with Crippen LogP contribution in [0.25, 0.3) is 0 Å². The number of carboxylic acids is 1. The first kappa shape index (κ1) is 13.5. The van der Waals surface area contributed by atoms with E-state index in [9.17, 15) is 4.79 Å². The van der Waals surface area contributed by atoms with Crippen molar-refractivity contribution in [2.45, 2.75) is 31.3 Å². The van der Waals surface area contributed by atoms with E-state index in [4.69, 9.17) is 5.11 Å². The van der Waals surface area contributed by atoms with Gasteiger partial charge in [0, 0.05) is 5.75 Å². The highest BCUT2D eigenvalue weighted by Crippen LogP contribution is 2.22. The molecule has 0 bridgehead atoms. The normalized spacial score (nSPS) is 10.6. The van der Waals surface area contributed by atoms with Crippen LogP contribution in [0.3, 0.4) is 0 Å². The van der Waals surface area contributed by atoms with E-state index >= 15 is 0 Å². The summed E-state index contributed by atoms with van der Waals surface area (Å²) in [6, 6.07) is 6.26. The molecule has 1 aromatic carbocycles. The molecule has 0 aliphatic carbocycles. The maximum Gasteiger partial charge on any atom is 0.325 e. The Hall–Kier alpha value is -1.89.